The Kier molecular flexibility index (Phi) is 7.02. The van der Waals surface area contributed by atoms with Crippen LogP contribution in [0.1, 0.15) is 32.7 Å². The largest absolute Gasteiger partial charge is 0.416 e. The molecule has 0 amide bonds. The first-order valence-electron chi connectivity index (χ1n) is 12.7. The van der Waals surface area contributed by atoms with E-state index in [0.717, 1.165) is 47.7 Å². The Hall–Kier alpha value is -3.99. The van der Waals surface area contributed by atoms with E-state index < -0.39 is 11.7 Å². The van der Waals surface area contributed by atoms with Crippen molar-refractivity contribution < 1.29 is 18.0 Å². The van der Waals surface area contributed by atoms with Crippen molar-refractivity contribution in [3.8, 4) is 16.9 Å². The zero-order valence-electron chi connectivity index (χ0n) is 22.3. The monoisotopic (exact) mass is 537 g/mol. The Bertz CT molecular complexity index is 1510. The molecule has 0 unspecified atom stereocenters. The number of hydrogen-bond acceptors (Lipinski definition) is 6. The van der Waals surface area contributed by atoms with Crippen LogP contribution in [-0.4, -0.2) is 68.7 Å². The van der Waals surface area contributed by atoms with Gasteiger partial charge in [0.05, 0.1) is 23.6 Å². The predicted molar refractivity (Wildman–Crippen MR) is 142 cm³/mol. The van der Waals surface area contributed by atoms with E-state index in [1.165, 1.54) is 0 Å². The van der Waals surface area contributed by atoms with Gasteiger partial charge in [-0.05, 0) is 56.3 Å². The number of likely N-dealkylation sites (N-methyl/N-ethyl adjacent to an activating group) is 1. The summed E-state index contributed by atoms with van der Waals surface area (Å²) in [6.45, 7) is 6.57. The number of halogens is 3. The molecule has 1 aliphatic rings. The van der Waals surface area contributed by atoms with E-state index in [2.05, 4.69) is 20.3 Å². The van der Waals surface area contributed by atoms with E-state index in [-0.39, 0.29) is 17.8 Å². The highest BCUT2D eigenvalue weighted by molar-refractivity contribution is 5.98. The van der Waals surface area contributed by atoms with Gasteiger partial charge >= 0.3 is 6.18 Å². The van der Waals surface area contributed by atoms with Crippen molar-refractivity contribution in [3.63, 3.8) is 0 Å². The number of rotatable bonds is 6. The van der Waals surface area contributed by atoms with Crippen LogP contribution in [0.25, 0.3) is 16.9 Å². The number of carbonyl (C=O) groups excluding carboxylic acids is 1. The standard InChI is InChI=1S/C28H30F3N7O/c1-18-5-6-20(11-26(18)38-17-25(33-34-38)24-16-32-36(4)19(24)2)12-27(39)21-13-22(28(29,30)31)15-23(14-21)37-9-7-35(3)8-10-37/h5-6,11,13-17H,7-10,12H2,1-4H3. The topological polar surface area (TPSA) is 72.1 Å². The second kappa shape index (κ2) is 10.3. The number of hydrogen-bond donors (Lipinski definition) is 0. The highest BCUT2D eigenvalue weighted by Gasteiger charge is 2.32. The first kappa shape index (κ1) is 26.6. The van der Waals surface area contributed by atoms with Gasteiger partial charge in [-0.1, -0.05) is 17.3 Å². The van der Waals surface area contributed by atoms with Gasteiger partial charge in [0, 0.05) is 62.2 Å². The summed E-state index contributed by atoms with van der Waals surface area (Å²) in [5.74, 6) is -0.378. The molecule has 1 aliphatic heterocycles. The summed E-state index contributed by atoms with van der Waals surface area (Å²) < 4.78 is 44.6. The van der Waals surface area contributed by atoms with Crippen molar-refractivity contribution in [2.24, 2.45) is 7.05 Å². The van der Waals surface area contributed by atoms with Gasteiger partial charge < -0.3 is 9.80 Å². The molecule has 5 rings (SSSR count). The fourth-order valence-electron chi connectivity index (χ4n) is 4.74. The molecule has 0 aliphatic carbocycles. The first-order chi connectivity index (χ1) is 18.5. The summed E-state index contributed by atoms with van der Waals surface area (Å²) in [4.78, 5) is 17.3. The van der Waals surface area contributed by atoms with Gasteiger partial charge in [-0.15, -0.1) is 5.10 Å². The molecule has 4 aromatic rings. The third-order valence-corrected chi connectivity index (χ3v) is 7.33. The number of alkyl halides is 3. The van der Waals surface area contributed by atoms with Gasteiger partial charge in [-0.2, -0.15) is 18.3 Å². The maximum Gasteiger partial charge on any atom is 0.416 e. The number of ketones is 1. The molecule has 2 aromatic carbocycles. The second-order valence-corrected chi connectivity index (χ2v) is 10.1. The van der Waals surface area contributed by atoms with E-state index in [9.17, 15) is 18.0 Å². The van der Waals surface area contributed by atoms with Gasteiger partial charge in [0.15, 0.2) is 5.78 Å². The average molecular weight is 538 g/mol. The van der Waals surface area contributed by atoms with Crippen LogP contribution in [0.5, 0.6) is 0 Å². The molecule has 0 radical (unpaired) electrons. The van der Waals surface area contributed by atoms with Crippen LogP contribution in [0, 0.1) is 13.8 Å². The second-order valence-electron chi connectivity index (χ2n) is 10.1. The van der Waals surface area contributed by atoms with Gasteiger partial charge in [-0.3, -0.25) is 9.48 Å². The third kappa shape index (κ3) is 5.58. The lowest BCUT2D eigenvalue weighted by molar-refractivity contribution is -0.137. The Labute approximate surface area is 224 Å². The molecule has 0 saturated carbocycles. The first-order valence-corrected chi connectivity index (χ1v) is 12.7. The van der Waals surface area contributed by atoms with E-state index in [4.69, 9.17) is 0 Å². The maximum absolute atomic E-state index is 13.7. The Balaban J connectivity index is 1.42. The number of benzene rings is 2. The highest BCUT2D eigenvalue weighted by Crippen LogP contribution is 2.34. The number of carbonyl (C=O) groups is 1. The molecule has 0 bridgehead atoms. The number of piperazine rings is 1. The summed E-state index contributed by atoms with van der Waals surface area (Å²) in [6, 6.07) is 9.19. The maximum atomic E-state index is 13.7. The van der Waals surface area contributed by atoms with E-state index in [1.807, 2.05) is 51.0 Å². The molecule has 11 heteroatoms. The van der Waals surface area contributed by atoms with Crippen LogP contribution >= 0.6 is 0 Å². The minimum atomic E-state index is -4.55. The minimum Gasteiger partial charge on any atom is -0.369 e. The lowest BCUT2D eigenvalue weighted by Crippen LogP contribution is -2.44. The van der Waals surface area contributed by atoms with Crippen molar-refractivity contribution in [2.45, 2.75) is 26.4 Å². The van der Waals surface area contributed by atoms with Crippen LogP contribution in [0.4, 0.5) is 18.9 Å². The quantitative estimate of drug-likeness (QED) is 0.338. The average Bonchev–Trinajstić information content (AvgIpc) is 3.51. The molecule has 8 nitrogen and oxygen atoms in total. The predicted octanol–water partition coefficient (Wildman–Crippen LogP) is 4.48. The number of Topliss-reactive ketones (excluding diaryl/α,β-unsaturated/α-hetero) is 1. The molecule has 39 heavy (non-hydrogen) atoms. The van der Waals surface area contributed by atoms with Crippen LogP contribution in [0.15, 0.2) is 48.8 Å². The lowest BCUT2D eigenvalue weighted by atomic mass is 9.98. The smallest absolute Gasteiger partial charge is 0.369 e. The number of anilines is 1. The van der Waals surface area contributed by atoms with Crippen molar-refractivity contribution in [1.82, 2.24) is 29.7 Å². The number of aromatic nitrogens is 5. The molecule has 0 N–H and O–H groups in total. The SMILES string of the molecule is Cc1ccc(CC(=O)c2cc(N3CCN(C)CC3)cc(C(F)(F)F)c2)cc1-n1cc(-c2cnn(C)c2C)nn1. The zero-order valence-corrected chi connectivity index (χ0v) is 22.3. The van der Waals surface area contributed by atoms with Crippen molar-refractivity contribution in [3.05, 3.63) is 76.7 Å². The summed E-state index contributed by atoms with van der Waals surface area (Å²) in [5.41, 5.74) is 4.49. The van der Waals surface area contributed by atoms with Crippen LogP contribution < -0.4 is 4.90 Å². The molecule has 3 heterocycles. The van der Waals surface area contributed by atoms with E-state index in [0.29, 0.717) is 30.0 Å². The number of aryl methyl sites for hydroxylation is 2. The fourth-order valence-corrected chi connectivity index (χ4v) is 4.74. The van der Waals surface area contributed by atoms with Crippen LogP contribution in [0.3, 0.4) is 0 Å². The van der Waals surface area contributed by atoms with E-state index >= 15 is 0 Å². The van der Waals surface area contributed by atoms with Crippen LogP contribution in [0.2, 0.25) is 0 Å². The molecule has 2 aromatic heterocycles. The van der Waals surface area contributed by atoms with Crippen molar-refractivity contribution in [2.75, 3.05) is 38.1 Å². The Morgan fingerprint density at radius 2 is 1.74 bits per heavy atom. The normalized spacial score (nSPS) is 14.7. The summed E-state index contributed by atoms with van der Waals surface area (Å²) >= 11 is 0. The van der Waals surface area contributed by atoms with Crippen LogP contribution in [-0.2, 0) is 19.6 Å². The highest BCUT2D eigenvalue weighted by atomic mass is 19.4. The summed E-state index contributed by atoms with van der Waals surface area (Å²) in [5, 5.41) is 12.8. The van der Waals surface area contributed by atoms with Gasteiger partial charge in [-0.25, -0.2) is 4.68 Å². The third-order valence-electron chi connectivity index (χ3n) is 7.33. The summed E-state index contributed by atoms with van der Waals surface area (Å²) in [7, 11) is 3.83. The molecular formula is C28H30F3N7O. The fraction of sp³-hybridized carbons (Fsp3) is 0.357. The van der Waals surface area contributed by atoms with Gasteiger partial charge in [0.2, 0.25) is 0 Å². The van der Waals surface area contributed by atoms with Gasteiger partial charge in [0.1, 0.15) is 5.69 Å². The summed E-state index contributed by atoms with van der Waals surface area (Å²) in [6.07, 6.45) is -1.06. The molecule has 204 valence electrons. The van der Waals surface area contributed by atoms with Crippen molar-refractivity contribution in [1.29, 1.82) is 0 Å². The molecular weight excluding hydrogens is 507 g/mol. The molecule has 1 fully saturated rings. The Morgan fingerprint density at radius 3 is 2.41 bits per heavy atom. The minimum absolute atomic E-state index is 0.0416. The number of nitrogens with zero attached hydrogens (tertiary/aromatic N) is 7. The Morgan fingerprint density at radius 1 is 1.00 bits per heavy atom. The van der Waals surface area contributed by atoms with Gasteiger partial charge in [0.25, 0.3) is 0 Å². The van der Waals surface area contributed by atoms with Crippen molar-refractivity contribution >= 4 is 11.5 Å². The molecule has 0 atom stereocenters. The molecule has 0 spiro atoms. The zero-order chi connectivity index (χ0) is 27.9. The lowest BCUT2D eigenvalue weighted by Gasteiger charge is -2.34. The van der Waals surface area contributed by atoms with E-state index in [1.54, 1.807) is 27.8 Å². The molecule has 1 saturated heterocycles.